The standard InChI is InChI=1S/C20H28FN5O3/c1-13-17(24-25-18-7-2-3-12-28-18)6-4-5-16(21)20(23-13)29-15-10-8-14(9-11-15)19(22)26-27/h5,8-11,13,17-18,24-25,27H,2-4,6-7,12H2,1H3,(H2,22,26)/b16-5+,23-20?/t13-,17?,18?/m1/s1. The van der Waals surface area contributed by atoms with Crippen LogP contribution in [0.5, 0.6) is 5.75 Å². The second-order valence-electron chi connectivity index (χ2n) is 7.17. The van der Waals surface area contributed by atoms with Gasteiger partial charge >= 0.3 is 0 Å². The fourth-order valence-corrected chi connectivity index (χ4v) is 3.24. The van der Waals surface area contributed by atoms with Gasteiger partial charge in [0.15, 0.2) is 11.7 Å². The molecule has 2 aliphatic rings. The number of nitrogens with two attached hydrogens (primary N) is 1. The molecule has 0 amide bonds. The van der Waals surface area contributed by atoms with Gasteiger partial charge in [0.25, 0.3) is 5.90 Å². The molecule has 2 aliphatic heterocycles. The molecule has 0 spiro atoms. The molecule has 0 aromatic heterocycles. The molecule has 1 fully saturated rings. The Bertz CT molecular complexity index is 760. The molecule has 9 heteroatoms. The van der Waals surface area contributed by atoms with Gasteiger partial charge in [0.05, 0.1) is 6.04 Å². The van der Waals surface area contributed by atoms with E-state index in [9.17, 15) is 4.39 Å². The molecule has 2 unspecified atom stereocenters. The number of nitrogens with zero attached hydrogens (tertiary/aromatic N) is 2. The quantitative estimate of drug-likeness (QED) is 0.259. The molecule has 0 aliphatic carbocycles. The molecule has 8 nitrogen and oxygen atoms in total. The number of benzene rings is 1. The van der Waals surface area contributed by atoms with Crippen molar-refractivity contribution in [2.24, 2.45) is 15.9 Å². The van der Waals surface area contributed by atoms with Crippen LogP contribution in [0.3, 0.4) is 0 Å². The van der Waals surface area contributed by atoms with E-state index in [1.807, 2.05) is 6.92 Å². The largest absolute Gasteiger partial charge is 0.437 e. The lowest BCUT2D eigenvalue weighted by Crippen LogP contribution is -2.52. The summed E-state index contributed by atoms with van der Waals surface area (Å²) in [5.74, 6) is -0.149. The molecule has 3 atom stereocenters. The molecule has 1 aromatic rings. The minimum Gasteiger partial charge on any atom is -0.437 e. The Morgan fingerprint density at radius 2 is 2.07 bits per heavy atom. The maximum absolute atomic E-state index is 14.5. The topological polar surface area (TPSA) is 113 Å². The Labute approximate surface area is 169 Å². The highest BCUT2D eigenvalue weighted by molar-refractivity contribution is 5.97. The third-order valence-corrected chi connectivity index (χ3v) is 4.99. The molecule has 1 saturated heterocycles. The Hall–Kier alpha value is -2.49. The second-order valence-corrected chi connectivity index (χ2v) is 7.17. The minimum absolute atomic E-state index is 0.00594. The zero-order valence-electron chi connectivity index (χ0n) is 16.5. The monoisotopic (exact) mass is 405 g/mol. The molecule has 2 heterocycles. The first kappa shape index (κ1) is 21.2. The van der Waals surface area contributed by atoms with E-state index in [0.29, 0.717) is 17.7 Å². The number of aliphatic imine (C=N–C) groups is 1. The van der Waals surface area contributed by atoms with Crippen molar-refractivity contribution in [3.63, 3.8) is 0 Å². The van der Waals surface area contributed by atoms with Crippen molar-refractivity contribution in [2.45, 2.75) is 57.3 Å². The molecular formula is C20H28FN5O3. The van der Waals surface area contributed by atoms with Gasteiger partial charge in [-0.05, 0) is 69.4 Å². The summed E-state index contributed by atoms with van der Waals surface area (Å²) in [4.78, 5) is 4.45. The lowest BCUT2D eigenvalue weighted by Gasteiger charge is -2.29. The van der Waals surface area contributed by atoms with Crippen LogP contribution in [0.1, 0.15) is 44.6 Å². The highest BCUT2D eigenvalue weighted by Crippen LogP contribution is 2.20. The highest BCUT2D eigenvalue weighted by Gasteiger charge is 2.23. The van der Waals surface area contributed by atoms with Gasteiger partial charge in [-0.1, -0.05) is 5.16 Å². The van der Waals surface area contributed by atoms with Gasteiger partial charge in [0.2, 0.25) is 0 Å². The SMILES string of the molecule is C[C@H]1N=C(Oc2ccc(C(N)=NO)cc2)/C(F)=C\CCC1NNC1CCCCO1. The molecular weight excluding hydrogens is 377 g/mol. The molecule has 158 valence electrons. The van der Waals surface area contributed by atoms with E-state index >= 15 is 0 Å². The van der Waals surface area contributed by atoms with Gasteiger partial charge in [-0.2, -0.15) is 0 Å². The van der Waals surface area contributed by atoms with Crippen LogP contribution in [0.4, 0.5) is 4.39 Å². The first-order valence-corrected chi connectivity index (χ1v) is 9.89. The van der Waals surface area contributed by atoms with Crippen LogP contribution >= 0.6 is 0 Å². The van der Waals surface area contributed by atoms with Crippen LogP contribution in [0, 0.1) is 0 Å². The van der Waals surface area contributed by atoms with Crippen molar-refractivity contribution in [2.75, 3.05) is 6.61 Å². The third-order valence-electron chi connectivity index (χ3n) is 4.99. The Morgan fingerprint density at radius 1 is 1.28 bits per heavy atom. The first-order valence-electron chi connectivity index (χ1n) is 9.89. The highest BCUT2D eigenvalue weighted by atomic mass is 19.1. The van der Waals surface area contributed by atoms with Gasteiger partial charge in [0.1, 0.15) is 12.0 Å². The van der Waals surface area contributed by atoms with Crippen LogP contribution in [-0.4, -0.2) is 41.9 Å². The van der Waals surface area contributed by atoms with Gasteiger partial charge in [-0.25, -0.2) is 14.8 Å². The van der Waals surface area contributed by atoms with E-state index in [1.54, 1.807) is 24.3 Å². The van der Waals surface area contributed by atoms with Crippen molar-refractivity contribution >= 4 is 11.7 Å². The summed E-state index contributed by atoms with van der Waals surface area (Å²) in [7, 11) is 0. The maximum atomic E-state index is 14.5. The number of hydrazine groups is 1. The van der Waals surface area contributed by atoms with E-state index in [2.05, 4.69) is 21.0 Å². The van der Waals surface area contributed by atoms with Gasteiger partial charge in [0, 0.05) is 18.2 Å². The summed E-state index contributed by atoms with van der Waals surface area (Å²) < 4.78 is 25.8. The summed E-state index contributed by atoms with van der Waals surface area (Å²) in [5, 5.41) is 11.7. The third kappa shape index (κ3) is 5.99. The Morgan fingerprint density at radius 3 is 2.76 bits per heavy atom. The lowest BCUT2D eigenvalue weighted by molar-refractivity contribution is -0.0178. The van der Waals surface area contributed by atoms with Crippen molar-refractivity contribution < 1.29 is 19.1 Å². The number of oxime groups is 1. The van der Waals surface area contributed by atoms with Gasteiger partial charge < -0.3 is 20.4 Å². The van der Waals surface area contributed by atoms with Crippen LogP contribution < -0.4 is 21.3 Å². The fourth-order valence-electron chi connectivity index (χ4n) is 3.24. The number of allylic oxidation sites excluding steroid dienone is 1. The fraction of sp³-hybridized carbons (Fsp3) is 0.500. The van der Waals surface area contributed by atoms with Crippen LogP contribution in [0.15, 0.2) is 46.3 Å². The van der Waals surface area contributed by atoms with Crippen LogP contribution in [0.25, 0.3) is 0 Å². The van der Waals surface area contributed by atoms with Crippen LogP contribution in [-0.2, 0) is 4.74 Å². The van der Waals surface area contributed by atoms with Gasteiger partial charge in [-0.3, -0.25) is 5.43 Å². The number of amidine groups is 1. The Kier molecular flexibility index (Phi) is 7.56. The maximum Gasteiger partial charge on any atom is 0.251 e. The first-order chi connectivity index (χ1) is 14.1. The predicted molar refractivity (Wildman–Crippen MR) is 109 cm³/mol. The van der Waals surface area contributed by atoms with E-state index in [1.165, 1.54) is 6.08 Å². The minimum atomic E-state index is -0.487. The zero-order valence-corrected chi connectivity index (χ0v) is 16.5. The molecule has 29 heavy (non-hydrogen) atoms. The van der Waals surface area contributed by atoms with Crippen molar-refractivity contribution in [1.29, 1.82) is 0 Å². The van der Waals surface area contributed by atoms with Gasteiger partial charge in [-0.15, -0.1) is 0 Å². The van der Waals surface area contributed by atoms with Crippen molar-refractivity contribution in [1.82, 2.24) is 10.9 Å². The van der Waals surface area contributed by atoms with E-state index < -0.39 is 5.83 Å². The molecule has 0 radical (unpaired) electrons. The van der Waals surface area contributed by atoms with Crippen molar-refractivity contribution in [3.8, 4) is 5.75 Å². The normalized spacial score (nSPS) is 27.9. The lowest BCUT2D eigenvalue weighted by atomic mass is 10.0. The van der Waals surface area contributed by atoms with Crippen molar-refractivity contribution in [3.05, 3.63) is 41.7 Å². The smallest absolute Gasteiger partial charge is 0.251 e. The van der Waals surface area contributed by atoms with E-state index in [0.717, 1.165) is 32.3 Å². The van der Waals surface area contributed by atoms with E-state index in [-0.39, 0.29) is 30.0 Å². The number of ether oxygens (including phenoxy) is 2. The summed E-state index contributed by atoms with van der Waals surface area (Å²) in [5.41, 5.74) is 12.6. The number of halogens is 1. The summed E-state index contributed by atoms with van der Waals surface area (Å²) in [6.45, 7) is 2.68. The summed E-state index contributed by atoms with van der Waals surface area (Å²) in [6, 6.07) is 6.27. The molecule has 1 aromatic carbocycles. The Balaban J connectivity index is 1.65. The van der Waals surface area contributed by atoms with E-state index in [4.69, 9.17) is 20.4 Å². The predicted octanol–water partition coefficient (Wildman–Crippen LogP) is 2.58. The molecule has 5 N–H and O–H groups in total. The summed E-state index contributed by atoms with van der Waals surface area (Å²) in [6.07, 6.45) is 5.96. The van der Waals surface area contributed by atoms with Crippen LogP contribution in [0.2, 0.25) is 0 Å². The number of nitrogens with one attached hydrogen (secondary N) is 2. The molecule has 0 saturated carbocycles. The molecule has 0 bridgehead atoms. The number of hydrogen-bond donors (Lipinski definition) is 4. The zero-order chi connectivity index (χ0) is 20.6. The second kappa shape index (κ2) is 10.3. The summed E-state index contributed by atoms with van der Waals surface area (Å²) >= 11 is 0. The average Bonchev–Trinajstić information content (AvgIpc) is 2.75. The number of rotatable bonds is 5. The average molecular weight is 405 g/mol. The number of hydrogen-bond acceptors (Lipinski definition) is 7. The molecule has 3 rings (SSSR count).